The van der Waals surface area contributed by atoms with E-state index < -0.39 is 5.97 Å². The van der Waals surface area contributed by atoms with Gasteiger partial charge in [0.25, 0.3) is 0 Å². The van der Waals surface area contributed by atoms with Gasteiger partial charge in [-0.15, -0.1) is 0 Å². The SMILES string of the molecule is Cc1ccc(-c2cccc(Cl)c2C(=O)O)cc1Cl. The van der Waals surface area contributed by atoms with Crippen molar-refractivity contribution in [2.75, 3.05) is 0 Å². The Labute approximate surface area is 115 Å². The summed E-state index contributed by atoms with van der Waals surface area (Å²) in [5.41, 5.74) is 2.35. The molecule has 0 bridgehead atoms. The molecular weight excluding hydrogens is 271 g/mol. The molecule has 0 aromatic heterocycles. The first kappa shape index (κ1) is 12.9. The Morgan fingerprint density at radius 1 is 1.11 bits per heavy atom. The number of aryl methyl sites for hydroxylation is 1. The third kappa shape index (κ3) is 2.35. The van der Waals surface area contributed by atoms with Crippen molar-refractivity contribution in [1.82, 2.24) is 0 Å². The first-order valence-corrected chi connectivity index (χ1v) is 6.04. The number of carboxylic acids is 1. The minimum atomic E-state index is -1.05. The molecule has 1 N–H and O–H groups in total. The highest BCUT2D eigenvalue weighted by molar-refractivity contribution is 6.34. The molecule has 0 radical (unpaired) electrons. The maximum Gasteiger partial charge on any atom is 0.337 e. The van der Waals surface area contributed by atoms with Crippen molar-refractivity contribution in [2.24, 2.45) is 0 Å². The van der Waals surface area contributed by atoms with E-state index in [1.165, 1.54) is 0 Å². The lowest BCUT2D eigenvalue weighted by atomic mass is 9.99. The van der Waals surface area contributed by atoms with E-state index in [-0.39, 0.29) is 10.6 Å². The van der Waals surface area contributed by atoms with Crippen molar-refractivity contribution in [3.8, 4) is 11.1 Å². The Morgan fingerprint density at radius 3 is 2.44 bits per heavy atom. The largest absolute Gasteiger partial charge is 0.478 e. The molecule has 4 heteroatoms. The lowest BCUT2D eigenvalue weighted by molar-refractivity contribution is 0.0698. The molecular formula is C14H10Cl2O2. The highest BCUT2D eigenvalue weighted by atomic mass is 35.5. The van der Waals surface area contributed by atoms with Crippen LogP contribution in [0.4, 0.5) is 0 Å². The quantitative estimate of drug-likeness (QED) is 0.868. The van der Waals surface area contributed by atoms with Gasteiger partial charge in [0.1, 0.15) is 0 Å². The molecule has 0 aliphatic rings. The van der Waals surface area contributed by atoms with E-state index >= 15 is 0 Å². The second-order valence-corrected chi connectivity index (χ2v) is 4.75. The van der Waals surface area contributed by atoms with Crippen molar-refractivity contribution < 1.29 is 9.90 Å². The van der Waals surface area contributed by atoms with E-state index in [1.807, 2.05) is 19.1 Å². The molecule has 18 heavy (non-hydrogen) atoms. The fraction of sp³-hybridized carbons (Fsp3) is 0.0714. The minimum absolute atomic E-state index is 0.0964. The topological polar surface area (TPSA) is 37.3 Å². The number of benzene rings is 2. The number of carboxylic acid groups (broad SMARTS) is 1. The molecule has 0 unspecified atom stereocenters. The number of hydrogen-bond donors (Lipinski definition) is 1. The molecule has 0 heterocycles. The van der Waals surface area contributed by atoms with E-state index in [4.69, 9.17) is 23.2 Å². The first-order chi connectivity index (χ1) is 8.50. The zero-order valence-corrected chi connectivity index (χ0v) is 11.1. The Morgan fingerprint density at radius 2 is 1.83 bits per heavy atom. The summed E-state index contributed by atoms with van der Waals surface area (Å²) in [6.07, 6.45) is 0. The predicted octanol–water partition coefficient (Wildman–Crippen LogP) is 4.67. The Kier molecular flexibility index (Phi) is 3.60. The lowest BCUT2D eigenvalue weighted by Gasteiger charge is -2.09. The lowest BCUT2D eigenvalue weighted by Crippen LogP contribution is -2.00. The summed E-state index contributed by atoms with van der Waals surface area (Å²) in [7, 11) is 0. The van der Waals surface area contributed by atoms with Gasteiger partial charge in [-0.05, 0) is 35.7 Å². The summed E-state index contributed by atoms with van der Waals surface area (Å²) in [6.45, 7) is 1.89. The van der Waals surface area contributed by atoms with Crippen LogP contribution in [0.2, 0.25) is 10.0 Å². The average Bonchev–Trinajstić information content (AvgIpc) is 2.32. The van der Waals surface area contributed by atoms with Crippen LogP contribution in [0, 0.1) is 6.92 Å². The molecule has 0 spiro atoms. The van der Waals surface area contributed by atoms with Crippen LogP contribution in [0.5, 0.6) is 0 Å². The smallest absolute Gasteiger partial charge is 0.337 e. The minimum Gasteiger partial charge on any atom is -0.478 e. The standard InChI is InChI=1S/C14H10Cl2O2/c1-8-5-6-9(7-12(8)16)10-3-2-4-11(15)13(10)14(17)18/h2-7H,1H3,(H,17,18). The summed E-state index contributed by atoms with van der Waals surface area (Å²) >= 11 is 12.0. The van der Waals surface area contributed by atoms with Gasteiger partial charge in [-0.1, -0.05) is 47.5 Å². The van der Waals surface area contributed by atoms with E-state index in [0.29, 0.717) is 10.6 Å². The Hall–Kier alpha value is -1.51. The molecule has 2 aromatic carbocycles. The predicted molar refractivity (Wildman–Crippen MR) is 73.6 cm³/mol. The first-order valence-electron chi connectivity index (χ1n) is 5.29. The number of aromatic carboxylic acids is 1. The summed E-state index contributed by atoms with van der Waals surface area (Å²) in [6, 6.07) is 10.4. The molecule has 2 rings (SSSR count). The molecule has 0 aliphatic carbocycles. The maximum atomic E-state index is 11.3. The molecule has 0 saturated carbocycles. The zero-order valence-electron chi connectivity index (χ0n) is 9.58. The Balaban J connectivity index is 2.67. The number of hydrogen-bond acceptors (Lipinski definition) is 1. The van der Waals surface area contributed by atoms with Gasteiger partial charge in [0.2, 0.25) is 0 Å². The van der Waals surface area contributed by atoms with E-state index in [0.717, 1.165) is 11.1 Å². The molecule has 0 aliphatic heterocycles. The highest BCUT2D eigenvalue weighted by Crippen LogP contribution is 2.31. The van der Waals surface area contributed by atoms with Crippen LogP contribution in [-0.4, -0.2) is 11.1 Å². The van der Waals surface area contributed by atoms with Crippen LogP contribution in [0.1, 0.15) is 15.9 Å². The highest BCUT2D eigenvalue weighted by Gasteiger charge is 2.15. The second kappa shape index (κ2) is 5.01. The van der Waals surface area contributed by atoms with Crippen LogP contribution in [0.25, 0.3) is 11.1 Å². The van der Waals surface area contributed by atoms with Gasteiger partial charge in [0.15, 0.2) is 0 Å². The molecule has 2 nitrogen and oxygen atoms in total. The Bertz CT molecular complexity index is 621. The summed E-state index contributed by atoms with van der Waals surface area (Å²) in [5.74, 6) is -1.05. The maximum absolute atomic E-state index is 11.3. The second-order valence-electron chi connectivity index (χ2n) is 3.93. The van der Waals surface area contributed by atoms with Crippen molar-refractivity contribution in [3.05, 3.63) is 57.6 Å². The van der Waals surface area contributed by atoms with Gasteiger partial charge in [0.05, 0.1) is 10.6 Å². The van der Waals surface area contributed by atoms with Crippen LogP contribution < -0.4 is 0 Å². The molecule has 0 atom stereocenters. The third-order valence-corrected chi connectivity index (χ3v) is 3.43. The van der Waals surface area contributed by atoms with E-state index in [2.05, 4.69) is 0 Å². The summed E-state index contributed by atoms with van der Waals surface area (Å²) in [4.78, 5) is 11.3. The number of carbonyl (C=O) groups is 1. The monoisotopic (exact) mass is 280 g/mol. The van der Waals surface area contributed by atoms with Crippen molar-refractivity contribution in [1.29, 1.82) is 0 Å². The molecule has 0 amide bonds. The van der Waals surface area contributed by atoms with Gasteiger partial charge in [-0.25, -0.2) is 4.79 Å². The number of halogens is 2. The van der Waals surface area contributed by atoms with E-state index in [1.54, 1.807) is 24.3 Å². The summed E-state index contributed by atoms with van der Waals surface area (Å²) in [5, 5.41) is 10.0. The van der Waals surface area contributed by atoms with Crippen LogP contribution in [0.15, 0.2) is 36.4 Å². The molecule has 0 saturated heterocycles. The van der Waals surface area contributed by atoms with Crippen molar-refractivity contribution in [2.45, 2.75) is 6.92 Å². The van der Waals surface area contributed by atoms with Crippen molar-refractivity contribution >= 4 is 29.2 Å². The fourth-order valence-corrected chi connectivity index (χ4v) is 2.18. The third-order valence-electron chi connectivity index (χ3n) is 2.71. The summed E-state index contributed by atoms with van der Waals surface area (Å²) < 4.78 is 0. The zero-order chi connectivity index (χ0) is 13.3. The molecule has 2 aromatic rings. The normalized spacial score (nSPS) is 10.4. The fourth-order valence-electron chi connectivity index (χ4n) is 1.74. The van der Waals surface area contributed by atoms with Gasteiger partial charge in [0, 0.05) is 5.02 Å². The van der Waals surface area contributed by atoms with Gasteiger partial charge in [-0.3, -0.25) is 0 Å². The van der Waals surface area contributed by atoms with E-state index in [9.17, 15) is 9.90 Å². The van der Waals surface area contributed by atoms with Crippen LogP contribution in [0.3, 0.4) is 0 Å². The van der Waals surface area contributed by atoms with Crippen molar-refractivity contribution in [3.63, 3.8) is 0 Å². The number of rotatable bonds is 2. The molecule has 0 fully saturated rings. The average molecular weight is 281 g/mol. The van der Waals surface area contributed by atoms with Gasteiger partial charge < -0.3 is 5.11 Å². The van der Waals surface area contributed by atoms with Crippen LogP contribution >= 0.6 is 23.2 Å². The van der Waals surface area contributed by atoms with Gasteiger partial charge >= 0.3 is 5.97 Å². The van der Waals surface area contributed by atoms with Crippen LogP contribution in [-0.2, 0) is 0 Å². The van der Waals surface area contributed by atoms with Gasteiger partial charge in [-0.2, -0.15) is 0 Å². The molecule has 92 valence electrons.